The molecule has 12 unspecified atom stereocenters. The molecule has 330 valence electrons. The number of carbonyl (C=O) groups excluding carboxylic acids is 1. The number of rotatable bonds is 30. The van der Waals surface area contributed by atoms with Crippen LogP contribution < -0.4 is 5.32 Å². The molecule has 14 heteroatoms. The number of aliphatic hydroxyl groups is 8. The molecule has 12 atom stereocenters. The number of nitrogens with one attached hydrogen (secondary N) is 1. The Bertz CT molecular complexity index is 1150. The second kappa shape index (κ2) is 30.9. The van der Waals surface area contributed by atoms with Gasteiger partial charge in [-0.1, -0.05) is 114 Å². The lowest BCUT2D eigenvalue weighted by Crippen LogP contribution is -2.65. The summed E-state index contributed by atoms with van der Waals surface area (Å²) >= 11 is 0. The smallest absolute Gasteiger partial charge is 0.220 e. The molecule has 0 spiro atoms. The summed E-state index contributed by atoms with van der Waals surface area (Å²) < 4.78 is 22.5. The van der Waals surface area contributed by atoms with Crippen molar-refractivity contribution in [2.75, 3.05) is 19.8 Å². The van der Waals surface area contributed by atoms with Crippen molar-refractivity contribution in [3.63, 3.8) is 0 Å². The standard InChI is InChI=1S/C43H75NO13/c1-3-5-7-9-11-12-13-14-15-16-17-18-19-20-21-23-25-27-35(48)44-31(32(47)26-24-22-10-8-6-4-2)30-54-42-40(53)38(51)41(34(29-46)56-42)57-43-39(52)37(50)36(49)33(28-45)55-43/h5,7,11-12,14-15,24,26,31-34,36-43,45-47,49-53H,3-4,6,8-10,13,16-23,25,27-30H2,1-2H3,(H,44,48)/b7-5-,12-11-,15-14-,26-24+. The number of aliphatic hydroxyl groups excluding tert-OH is 8. The molecular formula is C43H75NO13. The number of hydrogen-bond donors (Lipinski definition) is 9. The summed E-state index contributed by atoms with van der Waals surface area (Å²) in [5, 5.41) is 86.0. The monoisotopic (exact) mass is 814 g/mol. The zero-order chi connectivity index (χ0) is 41.8. The van der Waals surface area contributed by atoms with E-state index in [1.165, 1.54) is 12.8 Å². The Labute approximate surface area is 340 Å². The van der Waals surface area contributed by atoms with Crippen LogP contribution in [-0.4, -0.2) is 140 Å². The Morgan fingerprint density at radius 3 is 1.86 bits per heavy atom. The largest absolute Gasteiger partial charge is 0.394 e. The van der Waals surface area contributed by atoms with Crippen molar-refractivity contribution in [1.29, 1.82) is 0 Å². The fourth-order valence-corrected chi connectivity index (χ4v) is 6.71. The van der Waals surface area contributed by atoms with Gasteiger partial charge in [-0.3, -0.25) is 4.79 Å². The van der Waals surface area contributed by atoms with E-state index in [0.717, 1.165) is 83.5 Å². The van der Waals surface area contributed by atoms with Crippen molar-refractivity contribution in [1.82, 2.24) is 5.32 Å². The van der Waals surface area contributed by atoms with Gasteiger partial charge < -0.3 is 65.1 Å². The van der Waals surface area contributed by atoms with Gasteiger partial charge in [0.05, 0.1) is 32.0 Å². The summed E-state index contributed by atoms with van der Waals surface area (Å²) in [6, 6.07) is -0.916. The lowest BCUT2D eigenvalue weighted by molar-refractivity contribution is -0.359. The Hall–Kier alpha value is -2.05. The van der Waals surface area contributed by atoms with E-state index in [9.17, 15) is 45.6 Å². The molecule has 0 aliphatic carbocycles. The summed E-state index contributed by atoms with van der Waals surface area (Å²) in [6.45, 7) is 2.53. The lowest BCUT2D eigenvalue weighted by Gasteiger charge is -2.46. The summed E-state index contributed by atoms with van der Waals surface area (Å²) in [5.74, 6) is -0.260. The highest BCUT2D eigenvalue weighted by atomic mass is 16.7. The Morgan fingerprint density at radius 2 is 1.21 bits per heavy atom. The molecule has 0 radical (unpaired) electrons. The highest BCUT2D eigenvalue weighted by molar-refractivity contribution is 5.76. The van der Waals surface area contributed by atoms with Crippen LogP contribution in [-0.2, 0) is 23.7 Å². The third-order valence-corrected chi connectivity index (χ3v) is 10.3. The Morgan fingerprint density at radius 1 is 0.649 bits per heavy atom. The Kier molecular flexibility index (Phi) is 27.7. The first-order valence-electron chi connectivity index (χ1n) is 21.4. The van der Waals surface area contributed by atoms with Crippen molar-refractivity contribution < 1.29 is 64.6 Å². The van der Waals surface area contributed by atoms with Crippen LogP contribution in [0.25, 0.3) is 0 Å². The number of allylic oxidation sites excluding steroid dienone is 7. The molecule has 2 saturated heterocycles. The first-order chi connectivity index (χ1) is 27.6. The maximum atomic E-state index is 13.0. The van der Waals surface area contributed by atoms with E-state index in [-0.39, 0.29) is 18.9 Å². The third kappa shape index (κ3) is 19.7. The zero-order valence-corrected chi connectivity index (χ0v) is 34.3. The molecule has 57 heavy (non-hydrogen) atoms. The average molecular weight is 814 g/mol. The van der Waals surface area contributed by atoms with E-state index in [2.05, 4.69) is 55.6 Å². The minimum atomic E-state index is -1.79. The van der Waals surface area contributed by atoms with Crippen LogP contribution in [0.4, 0.5) is 0 Å². The van der Waals surface area contributed by atoms with Gasteiger partial charge in [0, 0.05) is 6.42 Å². The summed E-state index contributed by atoms with van der Waals surface area (Å²) in [7, 11) is 0. The fourth-order valence-electron chi connectivity index (χ4n) is 6.71. The Balaban J connectivity index is 1.84. The predicted molar refractivity (Wildman–Crippen MR) is 217 cm³/mol. The van der Waals surface area contributed by atoms with Crippen molar-refractivity contribution in [3.05, 3.63) is 48.6 Å². The van der Waals surface area contributed by atoms with Gasteiger partial charge in [0.1, 0.15) is 48.8 Å². The van der Waals surface area contributed by atoms with Crippen molar-refractivity contribution in [2.45, 2.75) is 197 Å². The lowest BCUT2D eigenvalue weighted by atomic mass is 9.97. The van der Waals surface area contributed by atoms with Gasteiger partial charge in [0.15, 0.2) is 12.6 Å². The summed E-state index contributed by atoms with van der Waals surface area (Å²) in [6.07, 6.45) is 16.3. The molecule has 0 aromatic rings. The first-order valence-corrected chi connectivity index (χ1v) is 21.4. The van der Waals surface area contributed by atoms with E-state index in [1.807, 2.05) is 6.08 Å². The second-order valence-corrected chi connectivity index (χ2v) is 15.1. The molecule has 0 aromatic carbocycles. The van der Waals surface area contributed by atoms with E-state index in [0.29, 0.717) is 6.42 Å². The molecular weight excluding hydrogens is 738 g/mol. The van der Waals surface area contributed by atoms with E-state index in [1.54, 1.807) is 6.08 Å². The van der Waals surface area contributed by atoms with Gasteiger partial charge >= 0.3 is 0 Å². The normalized spacial score (nSPS) is 29.6. The van der Waals surface area contributed by atoms with Gasteiger partial charge in [0.2, 0.25) is 5.91 Å². The number of hydrogen-bond acceptors (Lipinski definition) is 13. The quantitative estimate of drug-likeness (QED) is 0.0375. The van der Waals surface area contributed by atoms with Crippen LogP contribution in [0.5, 0.6) is 0 Å². The molecule has 2 aliphatic heterocycles. The van der Waals surface area contributed by atoms with Crippen molar-refractivity contribution in [2.24, 2.45) is 0 Å². The van der Waals surface area contributed by atoms with Crippen molar-refractivity contribution >= 4 is 5.91 Å². The van der Waals surface area contributed by atoms with E-state index >= 15 is 0 Å². The van der Waals surface area contributed by atoms with E-state index in [4.69, 9.17) is 18.9 Å². The minimum absolute atomic E-state index is 0.260. The highest BCUT2D eigenvalue weighted by Gasteiger charge is 2.50. The van der Waals surface area contributed by atoms with Crippen LogP contribution in [0, 0.1) is 0 Å². The number of unbranched alkanes of at least 4 members (excludes halogenated alkanes) is 11. The van der Waals surface area contributed by atoms with Gasteiger partial charge in [-0.2, -0.15) is 0 Å². The molecule has 2 rings (SSSR count). The molecule has 0 saturated carbocycles. The molecule has 9 N–H and O–H groups in total. The van der Waals surface area contributed by atoms with Gasteiger partial charge in [0.25, 0.3) is 0 Å². The molecule has 2 heterocycles. The maximum absolute atomic E-state index is 13.0. The van der Waals surface area contributed by atoms with Crippen LogP contribution in [0.1, 0.15) is 123 Å². The summed E-state index contributed by atoms with van der Waals surface area (Å²) in [5.41, 5.74) is 0. The molecule has 0 aromatic heterocycles. The number of carbonyl (C=O) groups is 1. The molecule has 2 fully saturated rings. The maximum Gasteiger partial charge on any atom is 0.220 e. The molecule has 1 amide bonds. The number of ether oxygens (including phenoxy) is 4. The third-order valence-electron chi connectivity index (χ3n) is 10.3. The van der Waals surface area contributed by atoms with Gasteiger partial charge in [-0.15, -0.1) is 0 Å². The molecule has 14 nitrogen and oxygen atoms in total. The fraction of sp³-hybridized carbons (Fsp3) is 0.791. The van der Waals surface area contributed by atoms with Crippen LogP contribution >= 0.6 is 0 Å². The average Bonchev–Trinajstić information content (AvgIpc) is 3.21. The predicted octanol–water partition coefficient (Wildman–Crippen LogP) is 3.37. The first kappa shape index (κ1) is 51.1. The van der Waals surface area contributed by atoms with Crippen LogP contribution in [0.2, 0.25) is 0 Å². The van der Waals surface area contributed by atoms with Crippen molar-refractivity contribution in [3.8, 4) is 0 Å². The summed E-state index contributed by atoms with van der Waals surface area (Å²) in [4.78, 5) is 13.0. The zero-order valence-electron chi connectivity index (χ0n) is 34.3. The van der Waals surface area contributed by atoms with Gasteiger partial charge in [-0.05, 0) is 51.4 Å². The minimum Gasteiger partial charge on any atom is -0.394 e. The highest BCUT2D eigenvalue weighted by Crippen LogP contribution is 2.29. The van der Waals surface area contributed by atoms with Gasteiger partial charge in [-0.25, -0.2) is 0 Å². The topological polar surface area (TPSA) is 228 Å². The number of amides is 1. The van der Waals surface area contributed by atoms with E-state index < -0.39 is 86.8 Å². The van der Waals surface area contributed by atoms with Crippen LogP contribution in [0.3, 0.4) is 0 Å². The van der Waals surface area contributed by atoms with Crippen LogP contribution in [0.15, 0.2) is 48.6 Å². The molecule has 2 aliphatic rings. The second-order valence-electron chi connectivity index (χ2n) is 15.1. The molecule has 0 bridgehead atoms. The SMILES string of the molecule is CC/C=C\C/C=C\C/C=C\CCCCCCCCCC(=O)NC(COC1OC(CO)C(OC2OC(CO)C(O)C(O)C2O)C(O)C1O)C(O)/C=C/CCCCCC.